The third-order valence-corrected chi connectivity index (χ3v) is 3.12. The molecule has 1 aromatic heterocycles. The van der Waals surface area contributed by atoms with Gasteiger partial charge in [-0.3, -0.25) is 0 Å². The lowest BCUT2D eigenvalue weighted by atomic mass is 10.1. The van der Waals surface area contributed by atoms with E-state index < -0.39 is 0 Å². The molecule has 86 valence electrons. The van der Waals surface area contributed by atoms with Gasteiger partial charge in [0.25, 0.3) is 0 Å². The molecule has 1 aromatic rings. The molecule has 0 saturated heterocycles. The van der Waals surface area contributed by atoms with Gasteiger partial charge < -0.3 is 0 Å². The summed E-state index contributed by atoms with van der Waals surface area (Å²) in [6, 6.07) is 2.19. The monoisotopic (exact) mass is 216 g/mol. The van der Waals surface area contributed by atoms with Crippen LogP contribution >= 0.6 is 0 Å². The van der Waals surface area contributed by atoms with Crippen LogP contribution in [0.25, 0.3) is 12.2 Å². The van der Waals surface area contributed by atoms with Crippen molar-refractivity contribution >= 4 is 12.2 Å². The molecule has 1 heterocycles. The van der Waals surface area contributed by atoms with Crippen LogP contribution in [0.4, 0.5) is 0 Å². The SMILES string of the molecule is CC.CC(C)c1cc2c(nn1)=CC1CC1C=2. The number of nitrogens with zero attached hydrogens (tertiary/aromatic N) is 2. The summed E-state index contributed by atoms with van der Waals surface area (Å²) in [6.45, 7) is 8.31. The van der Waals surface area contributed by atoms with Crippen LogP contribution < -0.4 is 10.6 Å². The van der Waals surface area contributed by atoms with Crippen LogP contribution in [-0.2, 0) is 0 Å². The van der Waals surface area contributed by atoms with Gasteiger partial charge in [0.1, 0.15) is 0 Å². The molecule has 2 nitrogen and oxygen atoms in total. The number of aromatic nitrogens is 2. The van der Waals surface area contributed by atoms with E-state index in [4.69, 9.17) is 0 Å². The lowest BCUT2D eigenvalue weighted by molar-refractivity contribution is 0.770. The first-order valence-electron chi connectivity index (χ1n) is 6.31. The van der Waals surface area contributed by atoms with Crippen molar-refractivity contribution in [2.45, 2.75) is 40.0 Å². The predicted octanol–water partition coefficient (Wildman–Crippen LogP) is 1.84. The Kier molecular flexibility index (Phi) is 3.08. The van der Waals surface area contributed by atoms with Gasteiger partial charge in [-0.2, -0.15) is 10.2 Å². The van der Waals surface area contributed by atoms with Gasteiger partial charge in [-0.15, -0.1) is 0 Å². The average molecular weight is 216 g/mol. The van der Waals surface area contributed by atoms with E-state index >= 15 is 0 Å². The normalized spacial score (nSPS) is 24.3. The van der Waals surface area contributed by atoms with Crippen LogP contribution in [0.3, 0.4) is 0 Å². The van der Waals surface area contributed by atoms with Gasteiger partial charge in [-0.1, -0.05) is 39.8 Å². The van der Waals surface area contributed by atoms with Gasteiger partial charge >= 0.3 is 0 Å². The van der Waals surface area contributed by atoms with E-state index in [1.165, 1.54) is 11.6 Å². The molecule has 0 radical (unpaired) electrons. The van der Waals surface area contributed by atoms with Crippen molar-refractivity contribution in [2.24, 2.45) is 11.8 Å². The minimum atomic E-state index is 0.470. The van der Waals surface area contributed by atoms with Crippen molar-refractivity contribution in [3.8, 4) is 0 Å². The molecule has 0 bridgehead atoms. The second kappa shape index (κ2) is 4.36. The molecule has 2 atom stereocenters. The molecule has 1 saturated carbocycles. The van der Waals surface area contributed by atoms with Crippen LogP contribution in [0, 0.1) is 11.8 Å². The molecular weight excluding hydrogens is 196 g/mol. The van der Waals surface area contributed by atoms with Crippen LogP contribution in [0.1, 0.15) is 45.7 Å². The third kappa shape index (κ3) is 2.01. The Morgan fingerprint density at radius 1 is 1.12 bits per heavy atom. The van der Waals surface area contributed by atoms with Gasteiger partial charge in [0.05, 0.1) is 11.0 Å². The molecule has 0 aliphatic heterocycles. The second-order valence-corrected chi connectivity index (χ2v) is 4.66. The standard InChI is InChI=1S/C12H14N2.C2H6/c1-7(2)11-6-10-4-8-3-9(8)5-12(10)14-13-11;1-2/h4-9H,3H2,1-2H3;1-2H3. The first-order chi connectivity index (χ1) is 7.74. The summed E-state index contributed by atoms with van der Waals surface area (Å²) in [7, 11) is 0. The van der Waals surface area contributed by atoms with Gasteiger partial charge in [0.2, 0.25) is 0 Å². The van der Waals surface area contributed by atoms with E-state index in [1.54, 1.807) is 0 Å². The van der Waals surface area contributed by atoms with Crippen molar-refractivity contribution in [3.05, 3.63) is 22.3 Å². The minimum Gasteiger partial charge on any atom is -0.155 e. The Bertz CT molecular complexity index is 488. The van der Waals surface area contributed by atoms with E-state index in [0.29, 0.717) is 5.92 Å². The summed E-state index contributed by atoms with van der Waals surface area (Å²) >= 11 is 0. The lowest BCUT2D eigenvalue weighted by Gasteiger charge is -2.04. The minimum absolute atomic E-state index is 0.470. The zero-order valence-electron chi connectivity index (χ0n) is 10.6. The van der Waals surface area contributed by atoms with Crippen LogP contribution in [0.5, 0.6) is 0 Å². The molecule has 16 heavy (non-hydrogen) atoms. The Hall–Kier alpha value is -1.18. The summed E-state index contributed by atoms with van der Waals surface area (Å²) in [6.07, 6.45) is 5.95. The third-order valence-electron chi connectivity index (χ3n) is 3.12. The quantitative estimate of drug-likeness (QED) is 0.716. The van der Waals surface area contributed by atoms with Gasteiger partial charge in [0.15, 0.2) is 0 Å². The smallest absolute Gasteiger partial charge is 0.0890 e. The van der Waals surface area contributed by atoms with Gasteiger partial charge in [-0.05, 0) is 35.5 Å². The first kappa shape index (κ1) is 11.3. The highest BCUT2D eigenvalue weighted by molar-refractivity contribution is 5.47. The van der Waals surface area contributed by atoms with E-state index in [-0.39, 0.29) is 0 Å². The lowest BCUT2D eigenvalue weighted by Crippen LogP contribution is -2.32. The fraction of sp³-hybridized carbons (Fsp3) is 0.571. The largest absolute Gasteiger partial charge is 0.155 e. The Labute approximate surface area is 97.1 Å². The second-order valence-electron chi connectivity index (χ2n) is 4.66. The Balaban J connectivity index is 0.000000457. The fourth-order valence-electron chi connectivity index (χ4n) is 2.03. The van der Waals surface area contributed by atoms with Crippen molar-refractivity contribution < 1.29 is 0 Å². The summed E-state index contributed by atoms with van der Waals surface area (Å²) in [5, 5.41) is 10.9. The fourth-order valence-corrected chi connectivity index (χ4v) is 2.03. The first-order valence-corrected chi connectivity index (χ1v) is 6.31. The number of hydrogen-bond donors (Lipinski definition) is 0. The van der Waals surface area contributed by atoms with Crippen LogP contribution in [0.2, 0.25) is 0 Å². The summed E-state index contributed by atoms with van der Waals surface area (Å²) < 4.78 is 0. The zero-order chi connectivity index (χ0) is 11.7. The van der Waals surface area contributed by atoms with Crippen molar-refractivity contribution in [1.29, 1.82) is 0 Å². The molecule has 2 aliphatic carbocycles. The maximum Gasteiger partial charge on any atom is 0.0890 e. The zero-order valence-corrected chi connectivity index (χ0v) is 10.6. The molecule has 2 aliphatic rings. The molecule has 0 amide bonds. The topological polar surface area (TPSA) is 25.8 Å². The van der Waals surface area contributed by atoms with Crippen LogP contribution in [0.15, 0.2) is 6.07 Å². The molecule has 1 fully saturated rings. The van der Waals surface area contributed by atoms with Crippen molar-refractivity contribution in [2.75, 3.05) is 0 Å². The summed E-state index contributed by atoms with van der Waals surface area (Å²) in [4.78, 5) is 0. The summed E-state index contributed by atoms with van der Waals surface area (Å²) in [5.41, 5.74) is 1.10. The molecular formula is C14H20N2. The highest BCUT2D eigenvalue weighted by Crippen LogP contribution is 2.41. The Morgan fingerprint density at radius 3 is 2.50 bits per heavy atom. The van der Waals surface area contributed by atoms with E-state index in [0.717, 1.165) is 22.9 Å². The van der Waals surface area contributed by atoms with Gasteiger partial charge in [0, 0.05) is 0 Å². The molecule has 0 spiro atoms. The highest BCUT2D eigenvalue weighted by atomic mass is 15.1. The van der Waals surface area contributed by atoms with E-state index in [1.807, 2.05) is 13.8 Å². The number of hydrogen-bond acceptors (Lipinski definition) is 2. The maximum absolute atomic E-state index is 4.28. The predicted molar refractivity (Wildman–Crippen MR) is 67.2 cm³/mol. The van der Waals surface area contributed by atoms with Crippen molar-refractivity contribution in [3.63, 3.8) is 0 Å². The van der Waals surface area contributed by atoms with Crippen molar-refractivity contribution in [1.82, 2.24) is 10.2 Å². The molecule has 0 N–H and O–H groups in total. The van der Waals surface area contributed by atoms with Crippen LogP contribution in [-0.4, -0.2) is 10.2 Å². The van der Waals surface area contributed by atoms with Gasteiger partial charge in [-0.25, -0.2) is 0 Å². The number of rotatable bonds is 1. The highest BCUT2D eigenvalue weighted by Gasteiger charge is 2.34. The molecule has 2 heteroatoms. The summed E-state index contributed by atoms with van der Waals surface area (Å²) in [5.74, 6) is 2.03. The number of fused-ring (bicyclic) bond motifs is 2. The molecule has 2 unspecified atom stereocenters. The average Bonchev–Trinajstić information content (AvgIpc) is 3.05. The molecule has 0 aromatic carbocycles. The molecule has 3 rings (SSSR count). The van der Waals surface area contributed by atoms with E-state index in [2.05, 4.69) is 42.3 Å². The van der Waals surface area contributed by atoms with E-state index in [9.17, 15) is 0 Å². The maximum atomic E-state index is 4.28. The Morgan fingerprint density at radius 2 is 1.81 bits per heavy atom.